The fourth-order valence-electron chi connectivity index (χ4n) is 20.2. The minimum Gasteiger partial charge on any atom is -0.454 e. The van der Waals surface area contributed by atoms with Crippen molar-refractivity contribution in [2.45, 2.75) is 20.8 Å². The van der Waals surface area contributed by atoms with Gasteiger partial charge in [0.25, 0.3) is 0 Å². The number of nitrogens with zero attached hydrogens (tertiary/aromatic N) is 7. The third-order valence-electron chi connectivity index (χ3n) is 25.4. The second kappa shape index (κ2) is 27.0. The Balaban J connectivity index is 0.673. The predicted octanol–water partition coefficient (Wildman–Crippen LogP) is 31.5. The summed E-state index contributed by atoms with van der Waals surface area (Å²) in [6.45, 7) is 6.52. The fourth-order valence-corrected chi connectivity index (χ4v) is 20.2. The Labute approximate surface area is 701 Å². The van der Waals surface area contributed by atoms with E-state index in [9.17, 15) is 0 Å². The maximum absolute atomic E-state index is 6.83. The Hall–Kier alpha value is -16.1. The number of hydrogen-bond acceptors (Lipinski definition) is 5. The number of aromatic nitrogens is 4. The van der Waals surface area contributed by atoms with E-state index in [1.165, 1.54) is 81.3 Å². The van der Waals surface area contributed by atoms with Gasteiger partial charge in [-0.25, -0.2) is 0 Å². The molecule has 122 heavy (non-hydrogen) atoms. The van der Waals surface area contributed by atoms with Crippen LogP contribution < -0.4 is 14.7 Å². The predicted molar refractivity (Wildman–Crippen MR) is 512 cm³/mol. The summed E-state index contributed by atoms with van der Waals surface area (Å²) in [4.78, 5) is 7.20. The van der Waals surface area contributed by atoms with Crippen molar-refractivity contribution in [1.29, 1.82) is 0 Å². The van der Waals surface area contributed by atoms with E-state index in [0.717, 1.165) is 162 Å². The molecule has 0 amide bonds. The van der Waals surface area contributed by atoms with Crippen LogP contribution in [0.25, 0.3) is 175 Å². The number of anilines is 9. The van der Waals surface area contributed by atoms with Crippen LogP contribution in [0.5, 0.6) is 0 Å². The first-order chi connectivity index (χ1) is 60.3. The third kappa shape index (κ3) is 10.5. The zero-order chi connectivity index (χ0) is 80.5. The molecule has 25 aromatic rings. The lowest BCUT2D eigenvalue weighted by atomic mass is 9.99. The van der Waals surface area contributed by atoms with Gasteiger partial charge in [0.15, 0.2) is 11.2 Å². The average Bonchev–Trinajstić information content (AvgIpc) is 1.55. The molecule has 9 heteroatoms. The van der Waals surface area contributed by atoms with Crippen LogP contribution in [0.2, 0.25) is 0 Å². The average molecular weight is 1560 g/mol. The lowest BCUT2D eigenvalue weighted by molar-refractivity contribution is 0.668. The molecule has 0 aliphatic rings. The number of para-hydroxylation sites is 8. The molecule has 6 heterocycles. The largest absolute Gasteiger partial charge is 0.454 e. The molecule has 0 aliphatic heterocycles. The van der Waals surface area contributed by atoms with E-state index in [-0.39, 0.29) is 0 Å². The summed E-state index contributed by atoms with van der Waals surface area (Å²) in [5, 5.41) is 18.6. The van der Waals surface area contributed by atoms with Gasteiger partial charge in [0, 0.05) is 127 Å². The summed E-state index contributed by atoms with van der Waals surface area (Å²) < 4.78 is 23.5. The molecule has 0 bridgehead atoms. The molecule has 25 rings (SSSR count). The lowest BCUT2D eigenvalue weighted by Crippen LogP contribution is -2.10. The quantitative estimate of drug-likeness (QED) is 0.115. The molecule has 0 N–H and O–H groups in total. The smallest absolute Gasteiger partial charge is 0.159 e. The first-order valence-electron chi connectivity index (χ1n) is 41.9. The third-order valence-corrected chi connectivity index (χ3v) is 25.4. The van der Waals surface area contributed by atoms with Gasteiger partial charge in [0.1, 0.15) is 11.2 Å². The van der Waals surface area contributed by atoms with Crippen LogP contribution in [0.3, 0.4) is 0 Å². The summed E-state index contributed by atoms with van der Waals surface area (Å²) in [5.74, 6) is 0. The highest BCUT2D eigenvalue weighted by molar-refractivity contribution is 6.32. The number of benzene rings is 19. The van der Waals surface area contributed by atoms with Gasteiger partial charge >= 0.3 is 0 Å². The topological polar surface area (TPSA) is 55.7 Å². The molecule has 9 nitrogen and oxygen atoms in total. The van der Waals surface area contributed by atoms with Crippen molar-refractivity contribution in [3.63, 3.8) is 0 Å². The van der Waals surface area contributed by atoms with Crippen molar-refractivity contribution in [2.24, 2.45) is 0 Å². The van der Waals surface area contributed by atoms with Crippen LogP contribution in [-0.4, -0.2) is 18.3 Å². The second-order valence-electron chi connectivity index (χ2n) is 32.5. The minimum absolute atomic E-state index is 0.845. The van der Waals surface area contributed by atoms with Gasteiger partial charge < -0.3 is 41.8 Å². The van der Waals surface area contributed by atoms with E-state index >= 15 is 0 Å². The normalized spacial score (nSPS) is 12.1. The van der Waals surface area contributed by atoms with Gasteiger partial charge in [-0.3, -0.25) is 0 Å². The van der Waals surface area contributed by atoms with E-state index in [1.54, 1.807) is 0 Å². The summed E-state index contributed by atoms with van der Waals surface area (Å²) >= 11 is 0. The Morgan fingerprint density at radius 2 is 0.434 bits per heavy atom. The van der Waals surface area contributed by atoms with Crippen LogP contribution in [0, 0.1) is 20.8 Å². The summed E-state index contributed by atoms with van der Waals surface area (Å²) in [7, 11) is 0. The second-order valence-corrected chi connectivity index (χ2v) is 32.5. The van der Waals surface area contributed by atoms with Crippen LogP contribution in [0.4, 0.5) is 51.2 Å². The monoisotopic (exact) mass is 1560 g/mol. The van der Waals surface area contributed by atoms with Crippen LogP contribution in [-0.2, 0) is 0 Å². The summed E-state index contributed by atoms with van der Waals surface area (Å²) in [6, 6.07) is 147. The molecule has 0 saturated heterocycles. The van der Waals surface area contributed by atoms with Gasteiger partial charge in [-0.05, 0) is 241 Å². The zero-order valence-electron chi connectivity index (χ0n) is 67.1. The highest BCUT2D eigenvalue weighted by Crippen LogP contribution is 2.52. The SMILES string of the molecule is Cc1cccc(N(c2ccc3c4c5ccc6c(c5ccc4n(-c4ccccc4)c3c2)c2ccc(N(c3cccc(C)c3)c3cccc4c3oc3ccccc34)cc2n6-c2ccccc2)c2ccc3c4c5ccc6c(c5ccc4n(-c4ccccc4)c3c2)c2ccc(N(c3cccc(C)c3)c3cccc4c3oc3ccccc34)cc2n6-c2ccccc2)c1. The highest BCUT2D eigenvalue weighted by atomic mass is 16.3. The lowest BCUT2D eigenvalue weighted by Gasteiger charge is -2.26. The van der Waals surface area contributed by atoms with Gasteiger partial charge in [-0.2, -0.15) is 0 Å². The molecule has 0 radical (unpaired) electrons. The molecule has 0 unspecified atom stereocenters. The molecule has 0 fully saturated rings. The molecule has 574 valence electrons. The Kier molecular flexibility index (Phi) is 15.3. The number of rotatable bonds is 13. The Morgan fingerprint density at radius 3 is 0.746 bits per heavy atom. The molecule has 0 spiro atoms. The van der Waals surface area contributed by atoms with E-state index in [1.807, 2.05) is 12.1 Å². The molecule has 0 atom stereocenters. The number of fused-ring (bicyclic) bond motifs is 24. The standard InChI is InChI=1S/C113H75N7O2/c1-70-25-20-36-77(63-70)114(80-47-51-92-102(66-80)117(73-28-8-4-9-29-73)96-59-55-88-86(108(92)96)57-61-98-110(88)94-53-49-82(68-104(94)119(98)75-32-12-6-13-33-75)115(78-37-21-26-71(2)64-78)100-43-23-41-90-84-39-16-18-45-106(84)121-112(90)100)81-48-52-93-103(67-81)118(74-30-10-5-11-31-74)97-60-56-89-87(109(93)97)58-62-99-111(89)95-54-50-83(69-105(95)120(99)76-34-14-7-15-35-76)116(79-38-22-27-72(3)65-79)101-44-24-42-91-85-40-17-19-46-107(85)122-113(91)101/h4-69H,1-3H3. The zero-order valence-corrected chi connectivity index (χ0v) is 67.1. The Morgan fingerprint density at radius 1 is 0.180 bits per heavy atom. The van der Waals surface area contributed by atoms with Crippen molar-refractivity contribution >= 4 is 204 Å². The van der Waals surface area contributed by atoms with E-state index in [2.05, 4.69) is 442 Å². The summed E-state index contributed by atoms with van der Waals surface area (Å²) in [5.41, 5.74) is 29.4. The molecule has 6 aromatic heterocycles. The minimum atomic E-state index is 0.845. The maximum atomic E-state index is 6.83. The first-order valence-corrected chi connectivity index (χ1v) is 41.9. The van der Waals surface area contributed by atoms with E-state index in [0.29, 0.717) is 0 Å². The van der Waals surface area contributed by atoms with Gasteiger partial charge in [-0.15, -0.1) is 0 Å². The Bertz CT molecular complexity index is 8160. The number of hydrogen-bond donors (Lipinski definition) is 0. The molecule has 0 saturated carbocycles. The molecular formula is C113H75N7O2. The molecule has 19 aromatic carbocycles. The highest BCUT2D eigenvalue weighted by Gasteiger charge is 2.29. The number of aryl methyl sites for hydroxylation is 3. The molecule has 0 aliphatic carbocycles. The van der Waals surface area contributed by atoms with E-state index in [4.69, 9.17) is 8.83 Å². The van der Waals surface area contributed by atoms with Crippen LogP contribution in [0.1, 0.15) is 16.7 Å². The van der Waals surface area contributed by atoms with Crippen LogP contribution in [0.15, 0.2) is 409 Å². The summed E-state index contributed by atoms with van der Waals surface area (Å²) in [6.07, 6.45) is 0. The number of furan rings is 2. The van der Waals surface area contributed by atoms with E-state index < -0.39 is 0 Å². The van der Waals surface area contributed by atoms with Crippen molar-refractivity contribution in [3.8, 4) is 22.7 Å². The molecular weight excluding hydrogens is 1490 g/mol. The van der Waals surface area contributed by atoms with Crippen molar-refractivity contribution < 1.29 is 8.83 Å². The van der Waals surface area contributed by atoms with Gasteiger partial charge in [0.2, 0.25) is 0 Å². The van der Waals surface area contributed by atoms with Crippen molar-refractivity contribution in [2.75, 3.05) is 14.7 Å². The van der Waals surface area contributed by atoms with Crippen molar-refractivity contribution in [3.05, 3.63) is 417 Å². The fraction of sp³-hybridized carbons (Fsp3) is 0.0265. The van der Waals surface area contributed by atoms with Crippen molar-refractivity contribution in [1.82, 2.24) is 18.3 Å². The maximum Gasteiger partial charge on any atom is 0.159 e. The van der Waals surface area contributed by atoms with Gasteiger partial charge in [0.05, 0.1) is 55.5 Å². The van der Waals surface area contributed by atoms with Crippen LogP contribution >= 0.6 is 0 Å². The first kappa shape index (κ1) is 69.1. The van der Waals surface area contributed by atoms with Gasteiger partial charge in [-0.1, -0.05) is 218 Å².